The molecular weight excluding hydrogens is 429 g/mol. The number of aliphatic imine (C=N–C) groups is 1. The molecule has 0 saturated carbocycles. The highest BCUT2D eigenvalue weighted by atomic mass is 35.5. The van der Waals surface area contributed by atoms with E-state index in [9.17, 15) is 0 Å². The highest BCUT2D eigenvalue weighted by Crippen LogP contribution is 2.44. The molecule has 2 aliphatic rings. The van der Waals surface area contributed by atoms with Crippen LogP contribution in [0.4, 0.5) is 22.7 Å². The number of halogens is 2. The summed E-state index contributed by atoms with van der Waals surface area (Å²) in [5.74, 6) is 0.769. The first kappa shape index (κ1) is 19.7. The number of rotatable bonds is 4. The minimum absolute atomic E-state index is 0.705. The fourth-order valence-electron chi connectivity index (χ4n) is 3.75. The van der Waals surface area contributed by atoms with Crippen molar-refractivity contribution in [2.24, 2.45) is 4.99 Å². The molecule has 1 aliphatic heterocycles. The first-order valence-electron chi connectivity index (χ1n) is 9.87. The van der Waals surface area contributed by atoms with Crippen LogP contribution in [0.2, 0.25) is 10.0 Å². The molecule has 1 heterocycles. The third kappa shape index (κ3) is 3.92. The Kier molecular flexibility index (Phi) is 5.18. The molecule has 0 radical (unpaired) electrons. The van der Waals surface area contributed by atoms with Crippen molar-refractivity contribution in [1.82, 2.24) is 0 Å². The Balaban J connectivity index is 1.56. The third-order valence-electron chi connectivity index (χ3n) is 5.23. The number of nitrogens with one attached hydrogen (secondary N) is 1. The lowest BCUT2D eigenvalue weighted by Crippen LogP contribution is -2.27. The largest absolute Gasteiger partial charge is 0.497 e. The topological polar surface area (TPSA) is 36.9 Å². The van der Waals surface area contributed by atoms with Gasteiger partial charge in [-0.15, -0.1) is 0 Å². The average Bonchev–Trinajstić information content (AvgIpc) is 2.79. The SMILES string of the molecule is COc1ccc2c(c1)N=C1C=C(Nc3ccc(Cl)cc3)CC=C1N2c1ccc(Cl)cc1. The smallest absolute Gasteiger partial charge is 0.121 e. The summed E-state index contributed by atoms with van der Waals surface area (Å²) < 4.78 is 5.42. The predicted octanol–water partition coefficient (Wildman–Crippen LogP) is 7.51. The highest BCUT2D eigenvalue weighted by Gasteiger charge is 2.28. The van der Waals surface area contributed by atoms with Crippen LogP contribution in [0.3, 0.4) is 0 Å². The summed E-state index contributed by atoms with van der Waals surface area (Å²) in [5, 5.41) is 4.89. The van der Waals surface area contributed by atoms with Gasteiger partial charge in [0.05, 0.1) is 29.9 Å². The summed E-state index contributed by atoms with van der Waals surface area (Å²) in [6, 6.07) is 21.5. The average molecular weight is 448 g/mol. The molecule has 1 N–H and O–H groups in total. The predicted molar refractivity (Wildman–Crippen MR) is 130 cm³/mol. The van der Waals surface area contributed by atoms with E-state index in [0.29, 0.717) is 10.0 Å². The van der Waals surface area contributed by atoms with Gasteiger partial charge in [0.25, 0.3) is 0 Å². The van der Waals surface area contributed by atoms with Gasteiger partial charge in [-0.3, -0.25) is 0 Å². The maximum atomic E-state index is 6.13. The van der Waals surface area contributed by atoms with Crippen LogP contribution in [0.1, 0.15) is 6.42 Å². The molecule has 3 aromatic rings. The fourth-order valence-corrected chi connectivity index (χ4v) is 4.00. The van der Waals surface area contributed by atoms with Crippen LogP contribution >= 0.6 is 23.2 Å². The lowest BCUT2D eigenvalue weighted by atomic mass is 10.0. The van der Waals surface area contributed by atoms with Gasteiger partial charge in [0.2, 0.25) is 0 Å². The molecule has 3 aromatic carbocycles. The lowest BCUT2D eigenvalue weighted by Gasteiger charge is -2.34. The zero-order valence-electron chi connectivity index (χ0n) is 16.8. The van der Waals surface area contributed by atoms with Crippen molar-refractivity contribution in [3.05, 3.63) is 100 Å². The Morgan fingerprint density at radius 1 is 0.935 bits per heavy atom. The van der Waals surface area contributed by atoms with E-state index in [1.165, 1.54) is 0 Å². The van der Waals surface area contributed by atoms with E-state index in [-0.39, 0.29) is 0 Å². The first-order chi connectivity index (χ1) is 15.1. The van der Waals surface area contributed by atoms with Gasteiger partial charge in [-0.2, -0.15) is 0 Å². The number of allylic oxidation sites excluding steroid dienone is 2. The van der Waals surface area contributed by atoms with Crippen molar-refractivity contribution in [1.29, 1.82) is 0 Å². The molecule has 154 valence electrons. The van der Waals surface area contributed by atoms with Gasteiger partial charge in [-0.1, -0.05) is 29.3 Å². The molecule has 0 saturated heterocycles. The second-order valence-electron chi connectivity index (χ2n) is 7.26. The Morgan fingerprint density at radius 2 is 1.65 bits per heavy atom. The number of fused-ring (bicyclic) bond motifs is 2. The molecule has 0 aromatic heterocycles. The second-order valence-corrected chi connectivity index (χ2v) is 8.13. The van der Waals surface area contributed by atoms with Gasteiger partial charge in [0.1, 0.15) is 5.75 Å². The van der Waals surface area contributed by atoms with E-state index in [1.807, 2.05) is 66.7 Å². The number of hydrogen-bond acceptors (Lipinski definition) is 4. The zero-order chi connectivity index (χ0) is 21.4. The molecule has 4 nitrogen and oxygen atoms in total. The molecule has 0 fully saturated rings. The number of anilines is 3. The lowest BCUT2D eigenvalue weighted by molar-refractivity contribution is 0.415. The summed E-state index contributed by atoms with van der Waals surface area (Å²) in [6.07, 6.45) is 5.04. The minimum atomic E-state index is 0.705. The molecule has 0 unspecified atom stereocenters. The van der Waals surface area contributed by atoms with Gasteiger partial charge in [0.15, 0.2) is 0 Å². The van der Waals surface area contributed by atoms with Crippen LogP contribution in [-0.2, 0) is 0 Å². The van der Waals surface area contributed by atoms with E-state index >= 15 is 0 Å². The van der Waals surface area contributed by atoms with Crippen LogP contribution in [0.15, 0.2) is 95.3 Å². The van der Waals surface area contributed by atoms with Crippen LogP contribution < -0.4 is 15.0 Å². The normalized spacial score (nSPS) is 14.7. The quantitative estimate of drug-likeness (QED) is 0.449. The maximum Gasteiger partial charge on any atom is 0.121 e. The van der Waals surface area contributed by atoms with Crippen molar-refractivity contribution in [2.45, 2.75) is 6.42 Å². The Bertz CT molecular complexity index is 1230. The van der Waals surface area contributed by atoms with E-state index in [0.717, 1.165) is 52.0 Å². The number of benzene rings is 3. The monoisotopic (exact) mass is 447 g/mol. The maximum absolute atomic E-state index is 6.13. The Hall–Kier alpha value is -3.21. The van der Waals surface area contributed by atoms with E-state index in [4.69, 9.17) is 32.9 Å². The Labute approximate surface area is 191 Å². The molecule has 0 spiro atoms. The Morgan fingerprint density at radius 3 is 2.35 bits per heavy atom. The van der Waals surface area contributed by atoms with Gasteiger partial charge in [-0.25, -0.2) is 4.99 Å². The van der Waals surface area contributed by atoms with E-state index in [1.54, 1.807) is 7.11 Å². The minimum Gasteiger partial charge on any atom is -0.497 e. The van der Waals surface area contributed by atoms with Gasteiger partial charge in [0, 0.05) is 39.6 Å². The number of hydrogen-bond donors (Lipinski definition) is 1. The summed E-state index contributed by atoms with van der Waals surface area (Å²) in [4.78, 5) is 7.15. The molecular formula is C25H19Cl2N3O. The number of nitrogens with zero attached hydrogens (tertiary/aromatic N) is 2. The summed E-state index contributed by atoms with van der Waals surface area (Å²) in [7, 11) is 1.66. The first-order valence-corrected chi connectivity index (χ1v) is 10.6. The van der Waals surface area contributed by atoms with Gasteiger partial charge < -0.3 is 15.0 Å². The zero-order valence-corrected chi connectivity index (χ0v) is 18.3. The molecule has 5 rings (SSSR count). The molecule has 6 heteroatoms. The fraction of sp³-hybridized carbons (Fsp3) is 0.0800. The molecule has 0 bridgehead atoms. The van der Waals surface area contributed by atoms with Gasteiger partial charge in [-0.05, 0) is 66.7 Å². The standard InChI is InChI=1S/C25H19Cl2N3O/c1-31-21-11-13-25-23(15-21)29-22-14-19(28-18-6-2-16(26)3-7-18)8-12-24(22)30(25)20-9-4-17(27)5-10-20/h2-7,9-15,28H,8H2,1H3. The molecule has 1 aliphatic carbocycles. The van der Waals surface area contributed by atoms with Gasteiger partial charge >= 0.3 is 0 Å². The van der Waals surface area contributed by atoms with Crippen molar-refractivity contribution in [2.75, 3.05) is 17.3 Å². The molecule has 0 atom stereocenters. The van der Waals surface area contributed by atoms with Crippen molar-refractivity contribution in [3.8, 4) is 5.75 Å². The number of methoxy groups -OCH3 is 1. The summed E-state index contributed by atoms with van der Waals surface area (Å²) >= 11 is 12.1. The van der Waals surface area contributed by atoms with E-state index < -0.39 is 0 Å². The van der Waals surface area contributed by atoms with Crippen LogP contribution in [0.25, 0.3) is 0 Å². The summed E-state index contributed by atoms with van der Waals surface area (Å²) in [5.41, 5.74) is 6.86. The molecule has 0 amide bonds. The van der Waals surface area contributed by atoms with Crippen molar-refractivity contribution >= 4 is 51.7 Å². The summed E-state index contributed by atoms with van der Waals surface area (Å²) in [6.45, 7) is 0. The second kappa shape index (κ2) is 8.14. The van der Waals surface area contributed by atoms with E-state index in [2.05, 4.69) is 22.4 Å². The van der Waals surface area contributed by atoms with Crippen LogP contribution in [0.5, 0.6) is 5.75 Å². The number of ether oxygens (including phenoxy) is 1. The van der Waals surface area contributed by atoms with Crippen molar-refractivity contribution < 1.29 is 4.74 Å². The van der Waals surface area contributed by atoms with Crippen molar-refractivity contribution in [3.63, 3.8) is 0 Å². The highest BCUT2D eigenvalue weighted by molar-refractivity contribution is 6.31. The molecule has 31 heavy (non-hydrogen) atoms. The van der Waals surface area contributed by atoms with Crippen LogP contribution in [0, 0.1) is 0 Å². The third-order valence-corrected chi connectivity index (χ3v) is 5.73. The van der Waals surface area contributed by atoms with Crippen LogP contribution in [-0.4, -0.2) is 12.8 Å².